The zero-order valence-corrected chi connectivity index (χ0v) is 13.6. The van der Waals surface area contributed by atoms with Crippen molar-refractivity contribution in [3.8, 4) is 0 Å². The highest BCUT2D eigenvalue weighted by Gasteiger charge is 2.75. The molecule has 0 N–H and O–H groups in total. The van der Waals surface area contributed by atoms with E-state index in [1.807, 2.05) is 0 Å². The minimum absolute atomic E-state index is 0.671. The second-order valence-corrected chi connectivity index (χ2v) is 5.90. The van der Waals surface area contributed by atoms with Crippen LogP contribution in [-0.2, 0) is 33.6 Å². The maximum absolute atomic E-state index is 12.5. The molecule has 0 aromatic heterocycles. The van der Waals surface area contributed by atoms with Crippen molar-refractivity contribution in [1.29, 1.82) is 0 Å². The number of hydrogen-bond donors (Lipinski definition) is 0. The lowest BCUT2D eigenvalue weighted by molar-refractivity contribution is -0.179. The van der Waals surface area contributed by atoms with Crippen molar-refractivity contribution in [1.82, 2.24) is 0 Å². The van der Waals surface area contributed by atoms with Crippen LogP contribution in [0.2, 0.25) is 0 Å². The molecule has 0 heterocycles. The highest BCUT2D eigenvalue weighted by atomic mass is 16.2. The Hall–Kier alpha value is -2.31. The maximum atomic E-state index is 12.5. The van der Waals surface area contributed by atoms with Gasteiger partial charge in [0.2, 0.25) is 11.6 Å². The van der Waals surface area contributed by atoms with Gasteiger partial charge in [-0.15, -0.1) is 0 Å². The van der Waals surface area contributed by atoms with Gasteiger partial charge in [-0.2, -0.15) is 0 Å². The van der Waals surface area contributed by atoms with Crippen LogP contribution in [0.4, 0.5) is 0 Å². The largest absolute Gasteiger partial charge is 0.300 e. The highest BCUT2D eigenvalue weighted by molar-refractivity contribution is 6.52. The van der Waals surface area contributed by atoms with Crippen LogP contribution in [0.1, 0.15) is 41.0 Å². The van der Waals surface area contributed by atoms with Gasteiger partial charge in [-0.05, 0) is 34.6 Å². The van der Waals surface area contributed by atoms with E-state index < -0.39 is 63.7 Å². The Kier molecular flexibility index (Phi) is 4.66. The van der Waals surface area contributed by atoms with Crippen LogP contribution in [0.3, 0.4) is 0 Å². The second kappa shape index (κ2) is 5.72. The van der Waals surface area contributed by atoms with E-state index in [4.69, 9.17) is 0 Å². The molecule has 124 valence electrons. The molecule has 1 atom stereocenters. The van der Waals surface area contributed by atoms with Gasteiger partial charge in [-0.25, -0.2) is 0 Å². The summed E-state index contributed by atoms with van der Waals surface area (Å²) >= 11 is 0. The normalized spacial score (nSPS) is 22.4. The summed E-state index contributed by atoms with van der Waals surface area (Å²) < 4.78 is 0. The topological polar surface area (TPSA) is 119 Å². The van der Waals surface area contributed by atoms with Gasteiger partial charge in [0.15, 0.2) is 17.0 Å². The van der Waals surface area contributed by atoms with Gasteiger partial charge in [-0.1, -0.05) is 0 Å². The molecular formula is C16H18O7. The van der Waals surface area contributed by atoms with E-state index in [0.29, 0.717) is 0 Å². The van der Waals surface area contributed by atoms with Crippen LogP contribution in [-0.4, -0.2) is 40.5 Å². The molecular weight excluding hydrogens is 304 g/mol. The molecule has 7 nitrogen and oxygen atoms in total. The monoisotopic (exact) mass is 322 g/mol. The Morgan fingerprint density at radius 2 is 1.17 bits per heavy atom. The molecule has 1 saturated carbocycles. The number of Topliss-reactive ketones (excluding diaryl/α,β-unsaturated/α-hetero) is 7. The van der Waals surface area contributed by atoms with Crippen molar-refractivity contribution in [2.45, 2.75) is 41.0 Å². The smallest absolute Gasteiger partial charge is 0.220 e. The van der Waals surface area contributed by atoms with E-state index in [1.54, 1.807) is 0 Å². The van der Waals surface area contributed by atoms with Crippen LogP contribution in [0, 0.1) is 16.7 Å². The van der Waals surface area contributed by atoms with E-state index >= 15 is 0 Å². The fraction of sp³-hybridized carbons (Fsp3) is 0.562. The van der Waals surface area contributed by atoms with Gasteiger partial charge < -0.3 is 0 Å². The molecule has 0 spiro atoms. The lowest BCUT2D eigenvalue weighted by Gasteiger charge is -2.49. The first-order chi connectivity index (χ1) is 10.4. The van der Waals surface area contributed by atoms with Gasteiger partial charge in [-0.3, -0.25) is 33.6 Å². The fourth-order valence-electron chi connectivity index (χ4n) is 3.92. The number of hydrogen-bond acceptors (Lipinski definition) is 7. The Labute approximate surface area is 132 Å². The summed E-state index contributed by atoms with van der Waals surface area (Å²) in [4.78, 5) is 86.0. The van der Waals surface area contributed by atoms with Gasteiger partial charge in [0, 0.05) is 12.3 Å². The molecule has 1 aliphatic rings. The first kappa shape index (κ1) is 18.7. The molecule has 1 rings (SSSR count). The number of ketones is 7. The Morgan fingerprint density at radius 3 is 1.43 bits per heavy atom. The van der Waals surface area contributed by atoms with Gasteiger partial charge in [0.05, 0.1) is 0 Å². The first-order valence-corrected chi connectivity index (χ1v) is 7.02. The number of carbonyl (C=O) groups excluding carboxylic acids is 7. The van der Waals surface area contributed by atoms with Crippen LogP contribution in [0.25, 0.3) is 0 Å². The van der Waals surface area contributed by atoms with Crippen molar-refractivity contribution in [2.24, 2.45) is 16.7 Å². The molecule has 1 aliphatic carbocycles. The standard InChI is InChI=1S/C16H18O7/c1-7(17)12-6-13(22)14(23)16(10(4)20,11(5)21)15(12,8(2)18)9(3)19/h12H,6H2,1-5H3. The summed E-state index contributed by atoms with van der Waals surface area (Å²) in [7, 11) is 0. The summed E-state index contributed by atoms with van der Waals surface area (Å²) in [6.45, 7) is 4.69. The average molecular weight is 322 g/mol. The van der Waals surface area contributed by atoms with Crippen molar-refractivity contribution < 1.29 is 33.6 Å². The molecule has 0 amide bonds. The quantitative estimate of drug-likeness (QED) is 0.518. The molecule has 0 saturated heterocycles. The van der Waals surface area contributed by atoms with Crippen molar-refractivity contribution >= 4 is 40.5 Å². The number of carbonyl (C=O) groups is 7. The summed E-state index contributed by atoms with van der Waals surface area (Å²) in [5.41, 5.74) is -5.24. The van der Waals surface area contributed by atoms with Crippen molar-refractivity contribution in [3.05, 3.63) is 0 Å². The van der Waals surface area contributed by atoms with Crippen molar-refractivity contribution in [2.75, 3.05) is 0 Å². The molecule has 1 fully saturated rings. The van der Waals surface area contributed by atoms with Crippen LogP contribution in [0.15, 0.2) is 0 Å². The molecule has 23 heavy (non-hydrogen) atoms. The van der Waals surface area contributed by atoms with Crippen LogP contribution < -0.4 is 0 Å². The predicted molar refractivity (Wildman–Crippen MR) is 76.4 cm³/mol. The zero-order valence-electron chi connectivity index (χ0n) is 13.6. The lowest BCUT2D eigenvalue weighted by Crippen LogP contribution is -2.71. The summed E-state index contributed by atoms with van der Waals surface area (Å²) in [6.07, 6.45) is -0.671. The maximum Gasteiger partial charge on any atom is 0.220 e. The molecule has 1 unspecified atom stereocenters. The van der Waals surface area contributed by atoms with Crippen LogP contribution in [0.5, 0.6) is 0 Å². The highest BCUT2D eigenvalue weighted by Crippen LogP contribution is 2.54. The Morgan fingerprint density at radius 1 is 0.783 bits per heavy atom. The minimum atomic E-state index is -2.77. The molecule has 0 aromatic rings. The van der Waals surface area contributed by atoms with Gasteiger partial charge in [0.25, 0.3) is 0 Å². The zero-order chi connectivity index (χ0) is 18.3. The SMILES string of the molecule is CC(=O)C1CC(=O)C(=O)C(C(C)=O)(C(C)=O)C1(C(C)=O)C(C)=O. The van der Waals surface area contributed by atoms with E-state index in [-0.39, 0.29) is 0 Å². The van der Waals surface area contributed by atoms with Crippen LogP contribution >= 0.6 is 0 Å². The van der Waals surface area contributed by atoms with E-state index in [2.05, 4.69) is 0 Å². The molecule has 0 bridgehead atoms. The summed E-state index contributed by atoms with van der Waals surface area (Å²) in [6, 6.07) is 0. The first-order valence-electron chi connectivity index (χ1n) is 7.02. The third-order valence-electron chi connectivity index (χ3n) is 4.76. The molecule has 0 aliphatic heterocycles. The van der Waals surface area contributed by atoms with E-state index in [9.17, 15) is 33.6 Å². The van der Waals surface area contributed by atoms with E-state index in [1.165, 1.54) is 0 Å². The molecule has 0 radical (unpaired) electrons. The second-order valence-electron chi connectivity index (χ2n) is 5.90. The third kappa shape index (κ3) is 2.06. The average Bonchev–Trinajstić information content (AvgIpc) is 2.38. The van der Waals surface area contributed by atoms with Gasteiger partial charge in [0.1, 0.15) is 22.8 Å². The molecule has 0 aromatic carbocycles. The lowest BCUT2D eigenvalue weighted by atomic mass is 9.44. The van der Waals surface area contributed by atoms with Gasteiger partial charge >= 0.3 is 0 Å². The summed E-state index contributed by atoms with van der Waals surface area (Å²) in [5.74, 6) is -8.78. The van der Waals surface area contributed by atoms with E-state index in [0.717, 1.165) is 34.6 Å². The summed E-state index contributed by atoms with van der Waals surface area (Å²) in [5, 5.41) is 0. The Bertz CT molecular complexity index is 640. The predicted octanol–water partition coefficient (Wildman–Crippen LogP) is 0.0623. The molecule has 7 heteroatoms. The third-order valence-corrected chi connectivity index (χ3v) is 4.76. The number of rotatable bonds is 5. The van der Waals surface area contributed by atoms with Crippen molar-refractivity contribution in [3.63, 3.8) is 0 Å². The Balaban J connectivity index is 4.14. The fourth-order valence-corrected chi connectivity index (χ4v) is 3.92. The minimum Gasteiger partial charge on any atom is -0.300 e.